The molecule has 0 bridgehead atoms. The van der Waals surface area contributed by atoms with E-state index >= 15 is 0 Å². The van der Waals surface area contributed by atoms with Gasteiger partial charge in [0.15, 0.2) is 5.65 Å². The molecule has 8 nitrogen and oxygen atoms in total. The Balaban J connectivity index is 1.28. The van der Waals surface area contributed by atoms with Gasteiger partial charge in [-0.3, -0.25) is 9.48 Å². The molecule has 172 valence electrons. The van der Waals surface area contributed by atoms with Gasteiger partial charge < -0.3 is 14.7 Å². The van der Waals surface area contributed by atoms with Gasteiger partial charge in [0.25, 0.3) is 0 Å². The Morgan fingerprint density at radius 1 is 1.18 bits per heavy atom. The van der Waals surface area contributed by atoms with Crippen LogP contribution in [0.5, 0.6) is 0 Å². The number of aryl methyl sites for hydroxylation is 1. The predicted octanol–water partition coefficient (Wildman–Crippen LogP) is 2.76. The molecule has 9 heteroatoms. The van der Waals surface area contributed by atoms with Gasteiger partial charge in [-0.15, -0.1) is 17.8 Å². The highest BCUT2D eigenvalue weighted by Crippen LogP contribution is 2.24. The van der Waals surface area contributed by atoms with Gasteiger partial charge in [0.1, 0.15) is 12.1 Å². The predicted molar refractivity (Wildman–Crippen MR) is 135 cm³/mol. The number of benzene rings is 1. The average molecular weight is 472 g/mol. The number of hydrogen-bond acceptors (Lipinski definition) is 7. The van der Waals surface area contributed by atoms with E-state index in [9.17, 15) is 4.79 Å². The van der Waals surface area contributed by atoms with Gasteiger partial charge in [0.2, 0.25) is 5.91 Å². The molecule has 1 fully saturated rings. The summed E-state index contributed by atoms with van der Waals surface area (Å²) in [6, 6.07) is 11.9. The van der Waals surface area contributed by atoms with Crippen LogP contribution in [0.4, 0.5) is 11.5 Å². The Labute approximate surface area is 202 Å². The average Bonchev–Trinajstić information content (AvgIpc) is 3.53. The first-order valence-corrected chi connectivity index (χ1v) is 12.0. The Morgan fingerprint density at radius 2 is 2.03 bits per heavy atom. The molecule has 0 spiro atoms. The maximum atomic E-state index is 13.3. The molecule has 4 heterocycles. The molecule has 1 saturated heterocycles. The molecule has 0 radical (unpaired) electrons. The topological polar surface area (TPSA) is 70.4 Å². The largest absolute Gasteiger partial charge is 0.357 e. The van der Waals surface area contributed by atoms with Gasteiger partial charge in [0.05, 0.1) is 24.7 Å². The minimum Gasteiger partial charge on any atom is -0.357 e. The summed E-state index contributed by atoms with van der Waals surface area (Å²) in [5.74, 6) is 3.67. The second-order valence-corrected chi connectivity index (χ2v) is 9.23. The minimum atomic E-state index is 0.108. The molecule has 5 rings (SSSR count). The fraction of sp³-hybridized carbons (Fsp3) is 0.280. The first kappa shape index (κ1) is 21.9. The molecule has 1 aliphatic rings. The molecule has 0 atom stereocenters. The van der Waals surface area contributed by atoms with Crippen LogP contribution in [-0.4, -0.2) is 63.3 Å². The normalized spacial score (nSPS) is 13.8. The Kier molecular flexibility index (Phi) is 6.14. The zero-order valence-corrected chi connectivity index (χ0v) is 19.8. The number of fused-ring (bicyclic) bond motifs is 1. The third-order valence-corrected chi connectivity index (χ3v) is 6.93. The number of piperazine rings is 1. The third-order valence-electron chi connectivity index (χ3n) is 6.07. The second-order valence-electron chi connectivity index (χ2n) is 8.20. The second kappa shape index (κ2) is 9.53. The maximum absolute atomic E-state index is 13.3. The SMILES string of the molecule is C#Cc1cccc(N(CC(=O)N2CCN(c3ncnc4c3cnn4C)CC2)Cc2cccs2)c1. The van der Waals surface area contributed by atoms with Crippen LogP contribution in [0.1, 0.15) is 10.4 Å². The van der Waals surface area contributed by atoms with Crippen LogP contribution in [0.3, 0.4) is 0 Å². The number of terminal acetylenes is 1. The van der Waals surface area contributed by atoms with Crippen molar-refractivity contribution in [1.29, 1.82) is 0 Å². The van der Waals surface area contributed by atoms with Gasteiger partial charge >= 0.3 is 0 Å². The molecular formula is C25H25N7OS. The number of thiophene rings is 1. The van der Waals surface area contributed by atoms with E-state index in [1.807, 2.05) is 42.3 Å². The molecule has 0 saturated carbocycles. The zero-order valence-electron chi connectivity index (χ0n) is 19.0. The lowest BCUT2D eigenvalue weighted by atomic mass is 10.2. The van der Waals surface area contributed by atoms with Crippen molar-refractivity contribution in [3.8, 4) is 12.3 Å². The summed E-state index contributed by atoms with van der Waals surface area (Å²) in [4.78, 5) is 29.6. The Morgan fingerprint density at radius 3 is 2.79 bits per heavy atom. The monoisotopic (exact) mass is 471 g/mol. The van der Waals surface area contributed by atoms with Gasteiger partial charge in [-0.05, 0) is 29.6 Å². The summed E-state index contributed by atoms with van der Waals surface area (Å²) in [5, 5.41) is 7.29. The van der Waals surface area contributed by atoms with Crippen molar-refractivity contribution in [2.45, 2.75) is 6.54 Å². The molecule has 1 aliphatic heterocycles. The molecular weight excluding hydrogens is 446 g/mol. The number of anilines is 2. The van der Waals surface area contributed by atoms with E-state index in [0.29, 0.717) is 39.3 Å². The summed E-state index contributed by atoms with van der Waals surface area (Å²) in [7, 11) is 1.87. The van der Waals surface area contributed by atoms with E-state index in [2.05, 4.69) is 42.2 Å². The fourth-order valence-corrected chi connectivity index (χ4v) is 4.97. The highest BCUT2D eigenvalue weighted by atomic mass is 32.1. The zero-order chi connectivity index (χ0) is 23.5. The van der Waals surface area contributed by atoms with Crippen molar-refractivity contribution in [2.75, 3.05) is 42.5 Å². The number of hydrogen-bond donors (Lipinski definition) is 0. The summed E-state index contributed by atoms with van der Waals surface area (Å²) in [6.07, 6.45) is 8.98. The van der Waals surface area contributed by atoms with Crippen molar-refractivity contribution < 1.29 is 4.79 Å². The molecule has 0 N–H and O–H groups in total. The summed E-state index contributed by atoms with van der Waals surface area (Å²) >= 11 is 1.69. The number of amides is 1. The van der Waals surface area contributed by atoms with Gasteiger partial charge in [-0.25, -0.2) is 9.97 Å². The maximum Gasteiger partial charge on any atom is 0.242 e. The number of rotatable bonds is 6. The minimum absolute atomic E-state index is 0.108. The molecule has 0 unspecified atom stereocenters. The lowest BCUT2D eigenvalue weighted by molar-refractivity contribution is -0.130. The number of aromatic nitrogens is 4. The molecule has 1 amide bonds. The Hall–Kier alpha value is -3.90. The van der Waals surface area contributed by atoms with Crippen LogP contribution in [0.15, 0.2) is 54.3 Å². The van der Waals surface area contributed by atoms with Crippen molar-refractivity contribution in [3.63, 3.8) is 0 Å². The van der Waals surface area contributed by atoms with Crippen LogP contribution in [0.25, 0.3) is 11.0 Å². The lowest BCUT2D eigenvalue weighted by Gasteiger charge is -2.36. The summed E-state index contributed by atoms with van der Waals surface area (Å²) < 4.78 is 1.75. The summed E-state index contributed by atoms with van der Waals surface area (Å²) in [5.41, 5.74) is 2.57. The molecule has 0 aliphatic carbocycles. The summed E-state index contributed by atoms with van der Waals surface area (Å²) in [6.45, 7) is 3.67. The Bertz CT molecular complexity index is 1330. The van der Waals surface area contributed by atoms with Crippen molar-refractivity contribution in [3.05, 3.63) is 64.7 Å². The standard InChI is InChI=1S/C25H25N7OS/c1-3-19-6-4-7-20(14-19)32(16-21-8-5-13-34-21)17-23(33)30-9-11-31(12-10-30)25-22-15-28-29(2)24(22)26-18-27-25/h1,4-8,13-15,18H,9-12,16-17H2,2H3. The molecule has 4 aromatic rings. The highest BCUT2D eigenvalue weighted by molar-refractivity contribution is 7.09. The van der Waals surface area contributed by atoms with E-state index in [1.54, 1.807) is 28.5 Å². The van der Waals surface area contributed by atoms with Crippen molar-refractivity contribution in [2.24, 2.45) is 7.05 Å². The van der Waals surface area contributed by atoms with Gasteiger partial charge in [-0.1, -0.05) is 18.1 Å². The van der Waals surface area contributed by atoms with Crippen LogP contribution in [0.2, 0.25) is 0 Å². The highest BCUT2D eigenvalue weighted by Gasteiger charge is 2.25. The number of carbonyl (C=O) groups excluding carboxylic acids is 1. The van der Waals surface area contributed by atoms with E-state index in [1.165, 1.54) is 4.88 Å². The number of carbonyl (C=O) groups is 1. The molecule has 34 heavy (non-hydrogen) atoms. The van der Waals surface area contributed by atoms with Crippen LogP contribution in [-0.2, 0) is 18.4 Å². The van der Waals surface area contributed by atoms with E-state index in [4.69, 9.17) is 6.42 Å². The van der Waals surface area contributed by atoms with Crippen molar-refractivity contribution >= 4 is 39.8 Å². The van der Waals surface area contributed by atoms with E-state index in [0.717, 1.165) is 28.1 Å². The van der Waals surface area contributed by atoms with Gasteiger partial charge in [0, 0.05) is 49.4 Å². The van der Waals surface area contributed by atoms with Crippen LogP contribution >= 0.6 is 11.3 Å². The van der Waals surface area contributed by atoms with Gasteiger partial charge in [-0.2, -0.15) is 5.10 Å². The molecule has 3 aromatic heterocycles. The van der Waals surface area contributed by atoms with E-state index < -0.39 is 0 Å². The number of nitrogens with zero attached hydrogens (tertiary/aromatic N) is 7. The quantitative estimate of drug-likeness (QED) is 0.403. The van der Waals surface area contributed by atoms with Crippen LogP contribution in [0, 0.1) is 12.3 Å². The van der Waals surface area contributed by atoms with Crippen molar-refractivity contribution in [1.82, 2.24) is 24.6 Å². The fourth-order valence-electron chi connectivity index (χ4n) is 4.25. The first-order chi connectivity index (χ1) is 16.6. The van der Waals surface area contributed by atoms with E-state index in [-0.39, 0.29) is 5.91 Å². The molecule has 1 aromatic carbocycles. The third kappa shape index (κ3) is 4.45. The smallest absolute Gasteiger partial charge is 0.242 e. The lowest BCUT2D eigenvalue weighted by Crippen LogP contribution is -2.51. The van der Waals surface area contributed by atoms with Crippen LogP contribution < -0.4 is 9.80 Å². The first-order valence-electron chi connectivity index (χ1n) is 11.1.